The minimum absolute atomic E-state index is 0.0558. The molecule has 110 valence electrons. The van der Waals surface area contributed by atoms with Crippen molar-refractivity contribution in [1.82, 2.24) is 4.90 Å². The van der Waals surface area contributed by atoms with Crippen LogP contribution in [0.5, 0.6) is 0 Å². The summed E-state index contributed by atoms with van der Waals surface area (Å²) in [4.78, 5) is 24.6. The van der Waals surface area contributed by atoms with E-state index in [0.29, 0.717) is 14.8 Å². The molecule has 0 spiro atoms. The number of halogens is 1. The Bertz CT molecular complexity index is 640. The summed E-state index contributed by atoms with van der Waals surface area (Å²) in [6, 6.07) is 5.83. The molecule has 2 rings (SSSR count). The SMILES string of the molecule is CC(=C1SC(=S)N(CCC(=O)O)C1=O)c1ccc(F)cc1. The number of benzene rings is 1. The predicted octanol–water partition coefficient (Wildman–Crippen LogP) is 2.89. The normalized spacial score (nSPS) is 17.3. The van der Waals surface area contributed by atoms with Crippen LogP contribution in [0.3, 0.4) is 0 Å². The van der Waals surface area contributed by atoms with Gasteiger partial charge in [-0.05, 0) is 30.2 Å². The van der Waals surface area contributed by atoms with E-state index >= 15 is 0 Å². The molecule has 1 aromatic rings. The molecule has 0 unspecified atom stereocenters. The van der Waals surface area contributed by atoms with Gasteiger partial charge in [-0.2, -0.15) is 0 Å². The summed E-state index contributed by atoms with van der Waals surface area (Å²) in [5, 5.41) is 8.69. The lowest BCUT2D eigenvalue weighted by Crippen LogP contribution is -2.30. The molecule has 7 heteroatoms. The quantitative estimate of drug-likeness (QED) is 0.681. The summed E-state index contributed by atoms with van der Waals surface area (Å²) >= 11 is 6.26. The maximum absolute atomic E-state index is 12.9. The second-order valence-electron chi connectivity index (χ2n) is 4.43. The fourth-order valence-electron chi connectivity index (χ4n) is 1.86. The third-order valence-corrected chi connectivity index (χ3v) is 4.57. The number of thiocarbonyl (C=S) groups is 1. The first-order valence-corrected chi connectivity index (χ1v) is 7.35. The third-order valence-electron chi connectivity index (χ3n) is 3.02. The first kappa shape index (κ1) is 15.7. The van der Waals surface area contributed by atoms with E-state index in [1.807, 2.05) is 0 Å². The van der Waals surface area contributed by atoms with Crippen LogP contribution in [-0.4, -0.2) is 32.7 Å². The van der Waals surface area contributed by atoms with Crippen molar-refractivity contribution in [2.45, 2.75) is 13.3 Å². The van der Waals surface area contributed by atoms with Gasteiger partial charge in [0.05, 0.1) is 11.3 Å². The fraction of sp³-hybridized carbons (Fsp3) is 0.214. The van der Waals surface area contributed by atoms with E-state index in [-0.39, 0.29) is 24.7 Å². The molecule has 0 aliphatic carbocycles. The van der Waals surface area contributed by atoms with Gasteiger partial charge in [-0.3, -0.25) is 14.5 Å². The van der Waals surface area contributed by atoms with Crippen LogP contribution in [-0.2, 0) is 9.59 Å². The Morgan fingerprint density at radius 2 is 2.00 bits per heavy atom. The van der Waals surface area contributed by atoms with Gasteiger partial charge in [0.1, 0.15) is 10.1 Å². The van der Waals surface area contributed by atoms with E-state index in [1.165, 1.54) is 17.0 Å². The molecule has 1 N–H and O–H groups in total. The van der Waals surface area contributed by atoms with Crippen molar-refractivity contribution in [2.75, 3.05) is 6.54 Å². The Morgan fingerprint density at radius 3 is 2.57 bits per heavy atom. The second-order valence-corrected chi connectivity index (χ2v) is 6.07. The van der Waals surface area contributed by atoms with Crippen LogP contribution in [0, 0.1) is 5.82 Å². The largest absolute Gasteiger partial charge is 0.481 e. The molecule has 0 bridgehead atoms. The van der Waals surface area contributed by atoms with Crippen molar-refractivity contribution in [1.29, 1.82) is 0 Å². The molecular weight excluding hydrogens is 313 g/mol. The van der Waals surface area contributed by atoms with Crippen LogP contribution in [0.2, 0.25) is 0 Å². The Morgan fingerprint density at radius 1 is 1.38 bits per heavy atom. The average molecular weight is 325 g/mol. The summed E-state index contributed by atoms with van der Waals surface area (Å²) in [7, 11) is 0. The molecule has 1 saturated heterocycles. The molecule has 0 atom stereocenters. The lowest BCUT2D eigenvalue weighted by molar-refractivity contribution is -0.137. The number of thioether (sulfide) groups is 1. The molecule has 4 nitrogen and oxygen atoms in total. The maximum Gasteiger partial charge on any atom is 0.305 e. The van der Waals surface area contributed by atoms with E-state index in [1.54, 1.807) is 19.1 Å². The number of aliphatic carboxylic acids is 1. The number of carboxylic acids is 1. The van der Waals surface area contributed by atoms with Gasteiger partial charge in [-0.25, -0.2) is 4.39 Å². The highest BCUT2D eigenvalue weighted by Crippen LogP contribution is 2.36. The van der Waals surface area contributed by atoms with Gasteiger partial charge in [0.2, 0.25) is 0 Å². The fourth-order valence-corrected chi connectivity index (χ4v) is 3.21. The van der Waals surface area contributed by atoms with Crippen LogP contribution in [0.25, 0.3) is 5.57 Å². The summed E-state index contributed by atoms with van der Waals surface area (Å²) in [5.74, 6) is -1.63. The number of amides is 1. The minimum Gasteiger partial charge on any atom is -0.481 e. The monoisotopic (exact) mass is 325 g/mol. The van der Waals surface area contributed by atoms with Crippen molar-refractivity contribution in [2.24, 2.45) is 0 Å². The van der Waals surface area contributed by atoms with Crippen LogP contribution in [0.15, 0.2) is 29.2 Å². The molecule has 1 aliphatic heterocycles. The van der Waals surface area contributed by atoms with Gasteiger partial charge in [0.25, 0.3) is 5.91 Å². The topological polar surface area (TPSA) is 57.6 Å². The Kier molecular flexibility index (Phi) is 4.74. The van der Waals surface area contributed by atoms with Crippen molar-refractivity contribution in [3.63, 3.8) is 0 Å². The molecule has 1 fully saturated rings. The number of carbonyl (C=O) groups is 2. The third kappa shape index (κ3) is 3.48. The van der Waals surface area contributed by atoms with Gasteiger partial charge in [-0.1, -0.05) is 36.1 Å². The van der Waals surface area contributed by atoms with Gasteiger partial charge < -0.3 is 5.11 Å². The first-order valence-electron chi connectivity index (χ1n) is 6.12. The lowest BCUT2D eigenvalue weighted by Gasteiger charge is -2.12. The van der Waals surface area contributed by atoms with Crippen molar-refractivity contribution in [3.05, 3.63) is 40.6 Å². The van der Waals surface area contributed by atoms with Crippen molar-refractivity contribution < 1.29 is 19.1 Å². The average Bonchev–Trinajstić information content (AvgIpc) is 2.72. The summed E-state index contributed by atoms with van der Waals surface area (Å²) in [6.45, 7) is 1.82. The maximum atomic E-state index is 12.9. The van der Waals surface area contributed by atoms with E-state index in [9.17, 15) is 14.0 Å². The van der Waals surface area contributed by atoms with Gasteiger partial charge in [0.15, 0.2) is 0 Å². The zero-order valence-electron chi connectivity index (χ0n) is 11.1. The Balaban J connectivity index is 2.26. The molecular formula is C14H12FNO3S2. The van der Waals surface area contributed by atoms with Gasteiger partial charge in [0, 0.05) is 6.54 Å². The van der Waals surface area contributed by atoms with Crippen LogP contribution in [0.4, 0.5) is 4.39 Å². The zero-order valence-corrected chi connectivity index (χ0v) is 12.8. The Hall–Kier alpha value is -1.73. The smallest absolute Gasteiger partial charge is 0.305 e. The Labute approximate surface area is 130 Å². The van der Waals surface area contributed by atoms with Crippen LogP contribution < -0.4 is 0 Å². The number of carboxylic acid groups (broad SMARTS) is 1. The van der Waals surface area contributed by atoms with Crippen molar-refractivity contribution >= 4 is 45.7 Å². The zero-order chi connectivity index (χ0) is 15.6. The standard InChI is InChI=1S/C14H12FNO3S2/c1-8(9-2-4-10(15)5-3-9)12-13(19)16(14(20)21-12)7-6-11(17)18/h2-5H,6-7H2,1H3,(H,17,18). The highest BCUT2D eigenvalue weighted by molar-refractivity contribution is 8.26. The number of rotatable bonds is 4. The van der Waals surface area contributed by atoms with Gasteiger partial charge >= 0.3 is 5.97 Å². The van der Waals surface area contributed by atoms with E-state index in [0.717, 1.165) is 17.3 Å². The summed E-state index contributed by atoms with van der Waals surface area (Å²) in [6.07, 6.45) is -0.157. The lowest BCUT2D eigenvalue weighted by atomic mass is 10.1. The van der Waals surface area contributed by atoms with E-state index in [2.05, 4.69) is 0 Å². The molecule has 1 amide bonds. The highest BCUT2D eigenvalue weighted by atomic mass is 32.2. The number of nitrogens with zero attached hydrogens (tertiary/aromatic N) is 1. The summed E-state index contributed by atoms with van der Waals surface area (Å²) < 4.78 is 13.3. The second kappa shape index (κ2) is 6.36. The first-order chi connectivity index (χ1) is 9.90. The minimum atomic E-state index is -0.983. The molecule has 0 aromatic heterocycles. The van der Waals surface area contributed by atoms with Gasteiger partial charge in [-0.15, -0.1) is 0 Å². The van der Waals surface area contributed by atoms with E-state index < -0.39 is 5.97 Å². The molecule has 21 heavy (non-hydrogen) atoms. The molecule has 1 aromatic carbocycles. The molecule has 0 saturated carbocycles. The molecule has 1 aliphatic rings. The molecule has 0 radical (unpaired) electrons. The number of allylic oxidation sites excluding steroid dienone is 1. The van der Waals surface area contributed by atoms with Crippen LogP contribution in [0.1, 0.15) is 18.9 Å². The molecule has 1 heterocycles. The van der Waals surface area contributed by atoms with Crippen LogP contribution >= 0.6 is 24.0 Å². The number of hydrogen-bond donors (Lipinski definition) is 1. The van der Waals surface area contributed by atoms with E-state index in [4.69, 9.17) is 17.3 Å². The van der Waals surface area contributed by atoms with Crippen molar-refractivity contribution in [3.8, 4) is 0 Å². The highest BCUT2D eigenvalue weighted by Gasteiger charge is 2.33. The summed E-state index contributed by atoms with van der Waals surface area (Å²) in [5.41, 5.74) is 1.43. The number of hydrogen-bond acceptors (Lipinski definition) is 4. The number of carbonyl (C=O) groups excluding carboxylic acids is 1. The predicted molar refractivity (Wildman–Crippen MR) is 83.1 cm³/mol.